The van der Waals surface area contributed by atoms with Gasteiger partial charge in [-0.25, -0.2) is 4.99 Å². The minimum atomic E-state index is -1.16. The molecule has 2 aliphatic rings. The van der Waals surface area contributed by atoms with E-state index in [1.54, 1.807) is 11.5 Å². The van der Waals surface area contributed by atoms with Crippen LogP contribution in [0.4, 0.5) is 5.69 Å². The predicted octanol–water partition coefficient (Wildman–Crippen LogP) is 1.92. The van der Waals surface area contributed by atoms with Crippen LogP contribution >= 0.6 is 11.3 Å². The summed E-state index contributed by atoms with van der Waals surface area (Å²) in [5.41, 5.74) is 1.44. The van der Waals surface area contributed by atoms with E-state index in [4.69, 9.17) is 14.5 Å². The lowest BCUT2D eigenvalue weighted by molar-refractivity contribution is -0.158. The Balaban J connectivity index is 1.72. The van der Waals surface area contributed by atoms with Crippen LogP contribution in [0.25, 0.3) is 6.08 Å². The highest BCUT2D eigenvalue weighted by molar-refractivity contribution is 7.07. The Morgan fingerprint density at radius 3 is 2.62 bits per heavy atom. The molecule has 0 N–H and O–H groups in total. The quantitative estimate of drug-likeness (QED) is 0.572. The minimum absolute atomic E-state index is 0.178. The standard InChI is InChI=1S/C24H23N3O4S/c1-24-19(22(29)30-4)20(16-7-5-6-8-17(16)31-24)27-21(28)18(32-23(27)25-24)13-14-9-11-15(12-10-14)26(2)3/h5-13,19-20H,1-4H3/b18-13+. The maximum absolute atomic E-state index is 13.5. The number of para-hydroxylation sites is 1. The van der Waals surface area contributed by atoms with Crippen molar-refractivity contribution in [3.63, 3.8) is 0 Å². The molecule has 5 rings (SSSR count). The van der Waals surface area contributed by atoms with Crippen LogP contribution in [-0.2, 0) is 9.53 Å². The van der Waals surface area contributed by atoms with Gasteiger partial charge in [0.25, 0.3) is 5.56 Å². The number of benzene rings is 2. The molecular formula is C24H23N3O4S. The Morgan fingerprint density at radius 2 is 1.94 bits per heavy atom. The number of carbonyl (C=O) groups excluding carboxylic acids is 1. The number of carbonyl (C=O) groups is 1. The SMILES string of the molecule is COC(=O)C1C2c3ccccc3OC1(C)N=c1s/c(=C/c3ccc(N(C)C)cc3)c(=O)n12. The number of hydrogen-bond acceptors (Lipinski definition) is 7. The van der Waals surface area contributed by atoms with Crippen molar-refractivity contribution in [2.45, 2.75) is 18.7 Å². The van der Waals surface area contributed by atoms with Crippen LogP contribution in [-0.4, -0.2) is 37.5 Å². The molecule has 32 heavy (non-hydrogen) atoms. The molecule has 1 aromatic heterocycles. The topological polar surface area (TPSA) is 73.1 Å². The average Bonchev–Trinajstić information content (AvgIpc) is 3.06. The second-order valence-corrected chi connectivity index (χ2v) is 9.32. The number of anilines is 1. The highest BCUT2D eigenvalue weighted by Gasteiger charge is 2.55. The lowest BCUT2D eigenvalue weighted by Crippen LogP contribution is -2.58. The third-order valence-electron chi connectivity index (χ3n) is 6.04. The van der Waals surface area contributed by atoms with Crippen LogP contribution < -0.4 is 24.5 Å². The summed E-state index contributed by atoms with van der Waals surface area (Å²) in [6, 6.07) is 14.9. The first kappa shape index (κ1) is 20.5. The number of thiazole rings is 1. The van der Waals surface area contributed by atoms with E-state index in [-0.39, 0.29) is 5.56 Å². The van der Waals surface area contributed by atoms with Gasteiger partial charge in [-0.2, -0.15) is 0 Å². The molecule has 3 aromatic rings. The molecular weight excluding hydrogens is 426 g/mol. The van der Waals surface area contributed by atoms with E-state index in [1.165, 1.54) is 18.4 Å². The van der Waals surface area contributed by atoms with Gasteiger partial charge < -0.3 is 14.4 Å². The summed E-state index contributed by atoms with van der Waals surface area (Å²) in [4.78, 5) is 33.7. The van der Waals surface area contributed by atoms with Crippen molar-refractivity contribution in [2.75, 3.05) is 26.1 Å². The molecule has 0 fully saturated rings. The van der Waals surface area contributed by atoms with E-state index in [1.807, 2.05) is 73.6 Å². The number of rotatable bonds is 3. The van der Waals surface area contributed by atoms with Crippen molar-refractivity contribution in [1.82, 2.24) is 4.57 Å². The molecule has 0 spiro atoms. The van der Waals surface area contributed by atoms with Gasteiger partial charge in [0.15, 0.2) is 4.80 Å². The van der Waals surface area contributed by atoms with Crippen LogP contribution in [0.2, 0.25) is 0 Å². The van der Waals surface area contributed by atoms with E-state index >= 15 is 0 Å². The van der Waals surface area contributed by atoms with Gasteiger partial charge in [-0.1, -0.05) is 41.7 Å². The number of hydrogen-bond donors (Lipinski definition) is 0. The first-order valence-electron chi connectivity index (χ1n) is 10.3. The zero-order valence-corrected chi connectivity index (χ0v) is 19.1. The van der Waals surface area contributed by atoms with Gasteiger partial charge in [-0.3, -0.25) is 14.2 Å². The fraction of sp³-hybridized carbons (Fsp3) is 0.292. The molecule has 2 bridgehead atoms. The second-order valence-electron chi connectivity index (χ2n) is 8.31. The van der Waals surface area contributed by atoms with Crippen LogP contribution in [0.15, 0.2) is 58.3 Å². The maximum atomic E-state index is 13.5. The third kappa shape index (κ3) is 3.05. The van der Waals surface area contributed by atoms with Crippen molar-refractivity contribution in [3.05, 3.63) is 79.3 Å². The smallest absolute Gasteiger partial charge is 0.317 e. The summed E-state index contributed by atoms with van der Waals surface area (Å²) >= 11 is 1.30. The lowest BCUT2D eigenvalue weighted by atomic mass is 9.81. The van der Waals surface area contributed by atoms with E-state index < -0.39 is 23.7 Å². The van der Waals surface area contributed by atoms with Crippen LogP contribution in [0.5, 0.6) is 5.75 Å². The Labute approximate surface area is 188 Å². The molecule has 0 amide bonds. The van der Waals surface area contributed by atoms with Crippen molar-refractivity contribution in [3.8, 4) is 5.75 Å². The maximum Gasteiger partial charge on any atom is 0.317 e. The summed E-state index contributed by atoms with van der Waals surface area (Å²) in [5, 5.41) is 0. The Bertz CT molecular complexity index is 1390. The molecule has 0 radical (unpaired) electrons. The van der Waals surface area contributed by atoms with Crippen LogP contribution in [0, 0.1) is 5.92 Å². The largest absolute Gasteiger partial charge is 0.469 e. The number of ether oxygens (including phenoxy) is 2. The molecule has 3 atom stereocenters. The summed E-state index contributed by atoms with van der Waals surface area (Å²) in [7, 11) is 5.31. The number of aromatic nitrogens is 1. The van der Waals surface area contributed by atoms with Gasteiger partial charge in [0, 0.05) is 25.3 Å². The highest BCUT2D eigenvalue weighted by atomic mass is 32.1. The number of fused-ring (bicyclic) bond motifs is 6. The summed E-state index contributed by atoms with van der Waals surface area (Å²) in [6.07, 6.45) is 1.86. The number of methoxy groups -OCH3 is 1. The zero-order valence-electron chi connectivity index (χ0n) is 18.2. The first-order chi connectivity index (χ1) is 15.3. The summed E-state index contributed by atoms with van der Waals surface area (Å²) < 4.78 is 13.5. The van der Waals surface area contributed by atoms with Crippen molar-refractivity contribution >= 4 is 29.1 Å². The van der Waals surface area contributed by atoms with Gasteiger partial charge >= 0.3 is 5.97 Å². The van der Waals surface area contributed by atoms with E-state index in [2.05, 4.69) is 0 Å². The molecule has 0 aliphatic carbocycles. The summed E-state index contributed by atoms with van der Waals surface area (Å²) in [5.74, 6) is -0.601. The van der Waals surface area contributed by atoms with Gasteiger partial charge in [-0.05, 0) is 36.8 Å². The lowest BCUT2D eigenvalue weighted by Gasteiger charge is -2.44. The fourth-order valence-corrected chi connectivity index (χ4v) is 5.55. The number of esters is 1. The van der Waals surface area contributed by atoms with Gasteiger partial charge in [-0.15, -0.1) is 0 Å². The van der Waals surface area contributed by atoms with Crippen molar-refractivity contribution in [2.24, 2.45) is 10.9 Å². The molecule has 0 saturated heterocycles. The molecule has 164 valence electrons. The minimum Gasteiger partial charge on any atom is -0.469 e. The van der Waals surface area contributed by atoms with Crippen molar-refractivity contribution in [1.29, 1.82) is 0 Å². The van der Waals surface area contributed by atoms with Crippen LogP contribution in [0.1, 0.15) is 24.1 Å². The molecule has 7 nitrogen and oxygen atoms in total. The molecule has 3 heterocycles. The van der Waals surface area contributed by atoms with Gasteiger partial charge in [0.2, 0.25) is 5.72 Å². The normalized spacial score (nSPS) is 23.4. The zero-order chi connectivity index (χ0) is 22.6. The van der Waals surface area contributed by atoms with Crippen molar-refractivity contribution < 1.29 is 14.3 Å². The molecule has 2 aromatic carbocycles. The van der Waals surface area contributed by atoms with Gasteiger partial charge in [0.05, 0.1) is 17.7 Å². The Kier molecular flexibility index (Phi) is 4.70. The predicted molar refractivity (Wildman–Crippen MR) is 123 cm³/mol. The Morgan fingerprint density at radius 1 is 1.22 bits per heavy atom. The monoisotopic (exact) mass is 449 g/mol. The average molecular weight is 450 g/mol. The van der Waals surface area contributed by atoms with E-state index in [0.717, 1.165) is 16.8 Å². The van der Waals surface area contributed by atoms with Gasteiger partial charge in [0.1, 0.15) is 11.7 Å². The van der Waals surface area contributed by atoms with E-state index in [0.29, 0.717) is 15.1 Å². The van der Waals surface area contributed by atoms with Crippen LogP contribution in [0.3, 0.4) is 0 Å². The molecule has 0 saturated carbocycles. The summed E-state index contributed by atoms with van der Waals surface area (Å²) in [6.45, 7) is 1.77. The highest BCUT2D eigenvalue weighted by Crippen LogP contribution is 2.47. The molecule has 2 aliphatic heterocycles. The second kappa shape index (κ2) is 7.34. The number of nitrogens with zero attached hydrogens (tertiary/aromatic N) is 3. The molecule has 8 heteroatoms. The first-order valence-corrected chi connectivity index (χ1v) is 11.1. The Hall–Kier alpha value is -3.39. The fourth-order valence-electron chi connectivity index (χ4n) is 4.45. The third-order valence-corrected chi connectivity index (χ3v) is 7.03. The molecule has 3 unspecified atom stereocenters. The van der Waals surface area contributed by atoms with E-state index in [9.17, 15) is 9.59 Å².